The van der Waals surface area contributed by atoms with Crippen LogP contribution in [-0.4, -0.2) is 35.1 Å². The van der Waals surface area contributed by atoms with E-state index in [9.17, 15) is 4.79 Å². The van der Waals surface area contributed by atoms with Crippen molar-refractivity contribution >= 4 is 5.97 Å². The summed E-state index contributed by atoms with van der Waals surface area (Å²) in [6.45, 7) is 9.66. The lowest BCUT2D eigenvalue weighted by atomic mass is 9.83. The second kappa shape index (κ2) is 4.13. The summed E-state index contributed by atoms with van der Waals surface area (Å²) in [5.41, 5.74) is 0.231. The summed E-state index contributed by atoms with van der Waals surface area (Å²) in [6, 6.07) is -0.519. The molecule has 80 valence electrons. The van der Waals surface area contributed by atoms with Crippen LogP contribution < -0.4 is 0 Å². The first-order valence-corrected chi connectivity index (χ1v) is 5.06. The van der Waals surface area contributed by atoms with Gasteiger partial charge >= 0.3 is 5.97 Å². The maximum absolute atomic E-state index is 10.9. The molecule has 3 heteroatoms. The highest BCUT2D eigenvalue weighted by Crippen LogP contribution is 2.29. The van der Waals surface area contributed by atoms with Crippen molar-refractivity contribution < 1.29 is 9.90 Å². The van der Waals surface area contributed by atoms with Crippen LogP contribution in [0.25, 0.3) is 0 Å². The molecule has 1 aliphatic rings. The molecule has 1 saturated heterocycles. The van der Waals surface area contributed by atoms with Gasteiger partial charge in [-0.25, -0.2) is 0 Å². The van der Waals surface area contributed by atoms with Crippen LogP contribution in [0.3, 0.4) is 0 Å². The molecule has 0 radical (unpaired) electrons. The zero-order valence-electron chi connectivity index (χ0n) is 8.99. The Bertz CT molecular complexity index is 235. The van der Waals surface area contributed by atoms with Crippen molar-refractivity contribution in [3.05, 3.63) is 12.7 Å². The minimum absolute atomic E-state index is 0.231. The Balaban J connectivity index is 2.67. The Kier molecular flexibility index (Phi) is 3.32. The molecule has 0 aromatic heterocycles. The number of carbonyl (C=O) groups is 1. The predicted octanol–water partition coefficient (Wildman–Crippen LogP) is 1.75. The van der Waals surface area contributed by atoms with Gasteiger partial charge in [0.25, 0.3) is 0 Å². The molecule has 1 N–H and O–H groups in total. The van der Waals surface area contributed by atoms with Crippen molar-refractivity contribution in [3.63, 3.8) is 0 Å². The van der Waals surface area contributed by atoms with E-state index in [1.54, 1.807) is 0 Å². The summed E-state index contributed by atoms with van der Waals surface area (Å²) >= 11 is 0. The van der Waals surface area contributed by atoms with Crippen LogP contribution in [0.2, 0.25) is 0 Å². The van der Waals surface area contributed by atoms with Crippen LogP contribution in [0.5, 0.6) is 0 Å². The van der Waals surface area contributed by atoms with Crippen LogP contribution in [0.15, 0.2) is 12.7 Å². The van der Waals surface area contributed by atoms with E-state index in [2.05, 4.69) is 20.4 Å². The second-order valence-electron chi connectivity index (χ2n) is 4.76. The number of aliphatic carboxylic acids is 1. The fourth-order valence-electron chi connectivity index (χ4n) is 2.11. The third-order valence-electron chi connectivity index (χ3n) is 2.80. The van der Waals surface area contributed by atoms with Crippen LogP contribution in [-0.2, 0) is 4.79 Å². The highest BCUT2D eigenvalue weighted by Gasteiger charge is 2.32. The van der Waals surface area contributed by atoms with E-state index in [1.165, 1.54) is 12.5 Å². The largest absolute Gasteiger partial charge is 0.480 e. The molecule has 1 fully saturated rings. The molecule has 0 aromatic carbocycles. The number of piperidine rings is 1. The summed E-state index contributed by atoms with van der Waals surface area (Å²) < 4.78 is 0. The van der Waals surface area contributed by atoms with Gasteiger partial charge < -0.3 is 5.11 Å². The molecule has 1 aliphatic heterocycles. The van der Waals surface area contributed by atoms with Gasteiger partial charge in [-0.2, -0.15) is 0 Å². The summed E-state index contributed by atoms with van der Waals surface area (Å²) in [7, 11) is 0. The van der Waals surface area contributed by atoms with E-state index in [-0.39, 0.29) is 5.41 Å². The Hall–Kier alpha value is -0.830. The molecule has 14 heavy (non-hydrogen) atoms. The number of rotatable bonds is 3. The number of nitrogens with zero attached hydrogens (tertiary/aromatic N) is 1. The average Bonchev–Trinajstić information content (AvgIpc) is 2.02. The molecule has 3 nitrogen and oxygen atoms in total. The van der Waals surface area contributed by atoms with E-state index < -0.39 is 12.0 Å². The Morgan fingerprint density at radius 1 is 1.64 bits per heavy atom. The van der Waals surface area contributed by atoms with Gasteiger partial charge in [0.2, 0.25) is 0 Å². The third kappa shape index (κ3) is 2.58. The minimum atomic E-state index is -0.794. The quantitative estimate of drug-likeness (QED) is 0.701. The van der Waals surface area contributed by atoms with E-state index in [4.69, 9.17) is 5.11 Å². The van der Waals surface area contributed by atoms with Crippen LogP contribution in [0.4, 0.5) is 0 Å². The normalized spacial score (nSPS) is 24.1. The molecule has 1 rings (SSSR count). The van der Waals surface area contributed by atoms with Crippen molar-refractivity contribution in [1.29, 1.82) is 0 Å². The topological polar surface area (TPSA) is 40.5 Å². The fraction of sp³-hybridized carbons (Fsp3) is 0.727. The summed E-state index contributed by atoms with van der Waals surface area (Å²) in [4.78, 5) is 12.9. The molecule has 0 bridgehead atoms. The number of hydrogen-bond donors (Lipinski definition) is 1. The summed E-state index contributed by atoms with van der Waals surface area (Å²) in [5.74, 6) is -0.794. The van der Waals surface area contributed by atoms with E-state index in [1.807, 2.05) is 4.90 Å². The summed E-state index contributed by atoms with van der Waals surface area (Å²) in [6.07, 6.45) is 3.77. The monoisotopic (exact) mass is 197 g/mol. The first-order valence-electron chi connectivity index (χ1n) is 5.06. The zero-order chi connectivity index (χ0) is 10.8. The fourth-order valence-corrected chi connectivity index (χ4v) is 2.11. The zero-order valence-corrected chi connectivity index (χ0v) is 8.99. The molecule has 1 heterocycles. The molecule has 0 aromatic rings. The maximum atomic E-state index is 10.9. The van der Waals surface area contributed by atoms with Crippen molar-refractivity contribution in [2.75, 3.05) is 13.1 Å². The Morgan fingerprint density at radius 2 is 2.29 bits per heavy atom. The van der Waals surface area contributed by atoms with Crippen molar-refractivity contribution in [3.8, 4) is 0 Å². The highest BCUT2D eigenvalue weighted by atomic mass is 16.4. The Labute approximate surface area is 85.4 Å². The van der Waals surface area contributed by atoms with E-state index in [0.29, 0.717) is 0 Å². The molecule has 0 amide bonds. The van der Waals surface area contributed by atoms with Crippen LogP contribution >= 0.6 is 0 Å². The van der Waals surface area contributed by atoms with Crippen molar-refractivity contribution in [1.82, 2.24) is 4.90 Å². The van der Waals surface area contributed by atoms with Gasteiger partial charge in [0.05, 0.1) is 0 Å². The number of likely N-dealkylation sites (tertiary alicyclic amines) is 1. The summed E-state index contributed by atoms with van der Waals surface area (Å²) in [5, 5.41) is 8.98. The standard InChI is InChI=1S/C11H19NO2/c1-4-9(10(13)14)12-7-5-6-11(2,3)8-12/h4,9H,1,5-8H2,2-3H3,(H,13,14). The number of carboxylic acid groups (broad SMARTS) is 1. The van der Waals surface area contributed by atoms with Crippen molar-refractivity contribution in [2.24, 2.45) is 5.41 Å². The van der Waals surface area contributed by atoms with Gasteiger partial charge in [0.1, 0.15) is 6.04 Å². The van der Waals surface area contributed by atoms with Crippen molar-refractivity contribution in [2.45, 2.75) is 32.7 Å². The predicted molar refractivity (Wildman–Crippen MR) is 56.2 cm³/mol. The lowest BCUT2D eigenvalue weighted by Crippen LogP contribution is -2.48. The highest BCUT2D eigenvalue weighted by molar-refractivity contribution is 5.75. The van der Waals surface area contributed by atoms with Crippen LogP contribution in [0.1, 0.15) is 26.7 Å². The van der Waals surface area contributed by atoms with Gasteiger partial charge in [-0.1, -0.05) is 19.9 Å². The molecule has 0 spiro atoms. The lowest BCUT2D eigenvalue weighted by molar-refractivity contribution is -0.142. The van der Waals surface area contributed by atoms with Gasteiger partial charge in [-0.15, -0.1) is 6.58 Å². The SMILES string of the molecule is C=CC(C(=O)O)N1CCCC(C)(C)C1. The first kappa shape index (κ1) is 11.2. The van der Waals surface area contributed by atoms with Crippen LogP contribution in [0, 0.1) is 5.41 Å². The molecular formula is C11H19NO2. The van der Waals surface area contributed by atoms with Gasteiger partial charge in [-0.05, 0) is 24.8 Å². The molecule has 0 aliphatic carbocycles. The third-order valence-corrected chi connectivity index (χ3v) is 2.80. The van der Waals surface area contributed by atoms with Gasteiger partial charge in [0, 0.05) is 6.54 Å². The first-order chi connectivity index (χ1) is 6.46. The van der Waals surface area contributed by atoms with Gasteiger partial charge in [0.15, 0.2) is 0 Å². The van der Waals surface area contributed by atoms with E-state index in [0.717, 1.165) is 19.5 Å². The number of carboxylic acids is 1. The Morgan fingerprint density at radius 3 is 2.71 bits per heavy atom. The maximum Gasteiger partial charge on any atom is 0.324 e. The second-order valence-corrected chi connectivity index (χ2v) is 4.76. The molecule has 1 atom stereocenters. The number of hydrogen-bond acceptors (Lipinski definition) is 2. The molecular weight excluding hydrogens is 178 g/mol. The minimum Gasteiger partial charge on any atom is -0.480 e. The lowest BCUT2D eigenvalue weighted by Gasteiger charge is -2.39. The average molecular weight is 197 g/mol. The van der Waals surface area contributed by atoms with E-state index >= 15 is 0 Å². The molecule has 0 saturated carbocycles. The molecule has 1 unspecified atom stereocenters. The smallest absolute Gasteiger partial charge is 0.324 e. The van der Waals surface area contributed by atoms with Gasteiger partial charge in [-0.3, -0.25) is 9.69 Å².